The van der Waals surface area contributed by atoms with E-state index in [9.17, 15) is 10.1 Å². The molecule has 7 heteroatoms. The Morgan fingerprint density at radius 1 is 1.60 bits per heavy atom. The summed E-state index contributed by atoms with van der Waals surface area (Å²) in [5.41, 5.74) is 0.0705. The van der Waals surface area contributed by atoms with Crippen LogP contribution in [0.3, 0.4) is 0 Å². The number of nitrogens with zero attached hydrogens (tertiary/aromatic N) is 3. The zero-order valence-corrected chi connectivity index (χ0v) is 11.8. The fourth-order valence-corrected chi connectivity index (χ4v) is 2.45. The number of pyridine rings is 1. The van der Waals surface area contributed by atoms with Crippen molar-refractivity contribution in [2.75, 3.05) is 43.6 Å². The molecule has 1 aliphatic rings. The second-order valence-electron chi connectivity index (χ2n) is 4.91. The molecule has 2 heterocycles. The van der Waals surface area contributed by atoms with Gasteiger partial charge in [0, 0.05) is 32.7 Å². The minimum absolute atomic E-state index is 0.0705. The van der Waals surface area contributed by atoms with Crippen molar-refractivity contribution >= 4 is 17.3 Å². The standard InChI is InChI=1S/C13H20N4O3/c1-3-14-12-6-11(17(18)19)7-13(15-12)16-5-4-10(8-16)9-20-2/h6-7,10H,3-5,8-9H2,1-2H3,(H,14,15). The Hall–Kier alpha value is -1.89. The summed E-state index contributed by atoms with van der Waals surface area (Å²) in [6.07, 6.45) is 1.02. The molecule has 0 bridgehead atoms. The van der Waals surface area contributed by atoms with Crippen LogP contribution in [0.4, 0.5) is 17.3 Å². The molecule has 0 spiro atoms. The molecule has 1 aliphatic heterocycles. The molecule has 0 aliphatic carbocycles. The van der Waals surface area contributed by atoms with Gasteiger partial charge in [-0.2, -0.15) is 0 Å². The highest BCUT2D eigenvalue weighted by atomic mass is 16.6. The zero-order valence-electron chi connectivity index (χ0n) is 11.8. The van der Waals surface area contributed by atoms with E-state index in [2.05, 4.69) is 15.2 Å². The van der Waals surface area contributed by atoms with Gasteiger partial charge in [-0.05, 0) is 13.3 Å². The number of hydrogen-bond acceptors (Lipinski definition) is 6. The van der Waals surface area contributed by atoms with Crippen molar-refractivity contribution in [3.8, 4) is 0 Å². The molecule has 20 heavy (non-hydrogen) atoms. The summed E-state index contributed by atoms with van der Waals surface area (Å²) in [5.74, 6) is 1.67. The van der Waals surface area contributed by atoms with Crippen LogP contribution < -0.4 is 10.2 Å². The van der Waals surface area contributed by atoms with Crippen molar-refractivity contribution in [1.29, 1.82) is 0 Å². The van der Waals surface area contributed by atoms with Gasteiger partial charge in [0.2, 0.25) is 0 Å². The van der Waals surface area contributed by atoms with E-state index in [4.69, 9.17) is 4.74 Å². The van der Waals surface area contributed by atoms with Crippen LogP contribution in [0, 0.1) is 16.0 Å². The van der Waals surface area contributed by atoms with Gasteiger partial charge in [0.05, 0.1) is 23.7 Å². The number of nitro groups is 1. The molecule has 1 atom stereocenters. The lowest BCUT2D eigenvalue weighted by atomic mass is 10.1. The molecule has 7 nitrogen and oxygen atoms in total. The molecule has 1 unspecified atom stereocenters. The summed E-state index contributed by atoms with van der Waals surface area (Å²) in [4.78, 5) is 17.2. The smallest absolute Gasteiger partial charge is 0.276 e. The van der Waals surface area contributed by atoms with Gasteiger partial charge in [0.25, 0.3) is 5.69 Å². The number of nitrogens with one attached hydrogen (secondary N) is 1. The molecule has 0 amide bonds. The van der Waals surface area contributed by atoms with Crippen LogP contribution in [0.25, 0.3) is 0 Å². The van der Waals surface area contributed by atoms with E-state index >= 15 is 0 Å². The summed E-state index contributed by atoms with van der Waals surface area (Å²) in [6.45, 7) is 5.01. The molecule has 1 N–H and O–H groups in total. The molecular weight excluding hydrogens is 260 g/mol. The molecule has 1 saturated heterocycles. The lowest BCUT2D eigenvalue weighted by Crippen LogP contribution is -2.22. The van der Waals surface area contributed by atoms with Crippen LogP contribution in [-0.4, -0.2) is 43.3 Å². The first-order valence-electron chi connectivity index (χ1n) is 6.78. The highest BCUT2D eigenvalue weighted by Gasteiger charge is 2.25. The first-order valence-corrected chi connectivity index (χ1v) is 6.78. The maximum absolute atomic E-state index is 11.0. The lowest BCUT2D eigenvalue weighted by molar-refractivity contribution is -0.384. The van der Waals surface area contributed by atoms with Crippen LogP contribution in [-0.2, 0) is 4.74 Å². The van der Waals surface area contributed by atoms with Crippen LogP contribution >= 0.6 is 0 Å². The first kappa shape index (κ1) is 14.5. The molecular formula is C13H20N4O3. The minimum atomic E-state index is -0.380. The lowest BCUT2D eigenvalue weighted by Gasteiger charge is -2.18. The van der Waals surface area contributed by atoms with Crippen molar-refractivity contribution in [3.63, 3.8) is 0 Å². The van der Waals surface area contributed by atoms with Gasteiger partial charge in [-0.1, -0.05) is 0 Å². The number of rotatable bonds is 6. The third-order valence-corrected chi connectivity index (χ3v) is 3.38. The largest absolute Gasteiger partial charge is 0.384 e. The number of ether oxygens (including phenoxy) is 1. The molecule has 110 valence electrons. The Kier molecular flexibility index (Phi) is 4.73. The SMILES string of the molecule is CCNc1cc([N+](=O)[O-])cc(N2CCC(COC)C2)n1. The average molecular weight is 280 g/mol. The molecule has 0 radical (unpaired) electrons. The summed E-state index contributed by atoms with van der Waals surface area (Å²) in [6, 6.07) is 3.01. The highest BCUT2D eigenvalue weighted by molar-refractivity contribution is 5.56. The van der Waals surface area contributed by atoms with E-state index in [1.807, 2.05) is 6.92 Å². The maximum Gasteiger partial charge on any atom is 0.276 e. The summed E-state index contributed by atoms with van der Waals surface area (Å²) >= 11 is 0. The van der Waals surface area contributed by atoms with Gasteiger partial charge in [0.15, 0.2) is 0 Å². The predicted octanol–water partition coefficient (Wildman–Crippen LogP) is 1.89. The highest BCUT2D eigenvalue weighted by Crippen LogP contribution is 2.27. The fourth-order valence-electron chi connectivity index (χ4n) is 2.45. The Morgan fingerprint density at radius 2 is 2.40 bits per heavy atom. The second-order valence-corrected chi connectivity index (χ2v) is 4.91. The van der Waals surface area contributed by atoms with Crippen molar-refractivity contribution in [2.45, 2.75) is 13.3 Å². The Balaban J connectivity index is 2.20. The third-order valence-electron chi connectivity index (χ3n) is 3.38. The van der Waals surface area contributed by atoms with Gasteiger partial charge in [-0.25, -0.2) is 4.98 Å². The monoisotopic (exact) mass is 280 g/mol. The third kappa shape index (κ3) is 3.36. The van der Waals surface area contributed by atoms with Gasteiger partial charge >= 0.3 is 0 Å². The quantitative estimate of drug-likeness (QED) is 0.633. The van der Waals surface area contributed by atoms with E-state index in [0.29, 0.717) is 30.7 Å². The van der Waals surface area contributed by atoms with Crippen molar-refractivity contribution in [1.82, 2.24) is 4.98 Å². The van der Waals surface area contributed by atoms with E-state index < -0.39 is 0 Å². The van der Waals surface area contributed by atoms with Crippen LogP contribution in [0.5, 0.6) is 0 Å². The van der Waals surface area contributed by atoms with Crippen molar-refractivity contribution in [2.24, 2.45) is 5.92 Å². The first-order chi connectivity index (χ1) is 9.63. The fraction of sp³-hybridized carbons (Fsp3) is 0.615. The molecule has 1 fully saturated rings. The molecule has 0 saturated carbocycles. The van der Waals surface area contributed by atoms with Crippen molar-refractivity contribution < 1.29 is 9.66 Å². The zero-order chi connectivity index (χ0) is 14.5. The summed E-state index contributed by atoms with van der Waals surface area (Å²) < 4.78 is 5.17. The minimum Gasteiger partial charge on any atom is -0.384 e. The number of anilines is 2. The molecule has 2 rings (SSSR count). The number of hydrogen-bond donors (Lipinski definition) is 1. The summed E-state index contributed by atoms with van der Waals surface area (Å²) in [7, 11) is 1.69. The van der Waals surface area contributed by atoms with Crippen LogP contribution in [0.1, 0.15) is 13.3 Å². The van der Waals surface area contributed by atoms with Gasteiger partial charge in [-0.15, -0.1) is 0 Å². The Labute approximate surface area is 118 Å². The average Bonchev–Trinajstić information content (AvgIpc) is 2.88. The van der Waals surface area contributed by atoms with E-state index in [-0.39, 0.29) is 10.6 Å². The van der Waals surface area contributed by atoms with E-state index in [1.54, 1.807) is 7.11 Å². The number of aromatic nitrogens is 1. The van der Waals surface area contributed by atoms with Gasteiger partial charge in [-0.3, -0.25) is 10.1 Å². The van der Waals surface area contributed by atoms with Crippen molar-refractivity contribution in [3.05, 3.63) is 22.2 Å². The Bertz CT molecular complexity index is 481. The molecule has 1 aromatic heterocycles. The maximum atomic E-state index is 11.0. The second kappa shape index (κ2) is 6.51. The van der Waals surface area contributed by atoms with E-state index in [0.717, 1.165) is 19.5 Å². The normalized spacial score (nSPS) is 18.3. The van der Waals surface area contributed by atoms with Crippen LogP contribution in [0.15, 0.2) is 12.1 Å². The predicted molar refractivity (Wildman–Crippen MR) is 77.3 cm³/mol. The summed E-state index contributed by atoms with van der Waals surface area (Å²) in [5, 5.41) is 14.0. The van der Waals surface area contributed by atoms with Gasteiger partial charge in [0.1, 0.15) is 11.6 Å². The van der Waals surface area contributed by atoms with E-state index in [1.165, 1.54) is 12.1 Å². The molecule has 1 aromatic rings. The topological polar surface area (TPSA) is 80.5 Å². The van der Waals surface area contributed by atoms with Crippen LogP contribution in [0.2, 0.25) is 0 Å². The van der Waals surface area contributed by atoms with Gasteiger partial charge < -0.3 is 15.0 Å². The Morgan fingerprint density at radius 3 is 3.05 bits per heavy atom. The number of methoxy groups -OCH3 is 1. The molecule has 0 aromatic carbocycles.